The second-order valence-corrected chi connectivity index (χ2v) is 9.36. The van der Waals surface area contributed by atoms with Gasteiger partial charge in [-0.2, -0.15) is 4.31 Å². The van der Waals surface area contributed by atoms with Crippen molar-refractivity contribution in [3.63, 3.8) is 0 Å². The van der Waals surface area contributed by atoms with Gasteiger partial charge in [0, 0.05) is 19.6 Å². The predicted molar refractivity (Wildman–Crippen MR) is 106 cm³/mol. The molecule has 1 amide bonds. The number of amides is 1. The first-order chi connectivity index (χ1) is 12.8. The largest absolute Gasteiger partial charge is 0.352 e. The summed E-state index contributed by atoms with van der Waals surface area (Å²) >= 11 is 0. The lowest BCUT2D eigenvalue weighted by molar-refractivity contribution is -0.132. The molecule has 1 fully saturated rings. The minimum absolute atomic E-state index is 0.0984. The molecule has 1 aliphatic rings. The summed E-state index contributed by atoms with van der Waals surface area (Å²) in [6.07, 6.45) is 1.34. The van der Waals surface area contributed by atoms with Crippen LogP contribution in [-0.2, 0) is 21.4 Å². The van der Waals surface area contributed by atoms with E-state index in [-0.39, 0.29) is 17.3 Å². The molecule has 1 heterocycles. The highest BCUT2D eigenvalue weighted by Crippen LogP contribution is 2.33. The van der Waals surface area contributed by atoms with E-state index in [4.69, 9.17) is 0 Å². The van der Waals surface area contributed by atoms with Crippen LogP contribution in [0.3, 0.4) is 0 Å². The normalized spacial score (nSPS) is 21.0. The molecule has 0 spiro atoms. The standard InChI is InChI=1S/C21H26N2O3S/c1-17-9-6-7-10-18(17)15-22-20(24)21(2)13-8-14-23(16-21)27(25,26)19-11-4-3-5-12-19/h3-7,9-12H,8,13-16H2,1-2H3,(H,22,24)/t21-/m0/s1. The summed E-state index contributed by atoms with van der Waals surface area (Å²) < 4.78 is 27.3. The van der Waals surface area contributed by atoms with Crippen LogP contribution in [-0.4, -0.2) is 31.7 Å². The quantitative estimate of drug-likeness (QED) is 0.859. The third-order valence-corrected chi connectivity index (χ3v) is 7.15. The fourth-order valence-electron chi connectivity index (χ4n) is 3.52. The number of carbonyl (C=O) groups excluding carboxylic acids is 1. The lowest BCUT2D eigenvalue weighted by Crippen LogP contribution is -2.51. The van der Waals surface area contributed by atoms with Crippen LogP contribution in [0.5, 0.6) is 0 Å². The molecule has 5 nitrogen and oxygen atoms in total. The van der Waals surface area contributed by atoms with Gasteiger partial charge >= 0.3 is 0 Å². The number of piperidine rings is 1. The van der Waals surface area contributed by atoms with E-state index in [1.54, 1.807) is 30.3 Å². The maximum absolute atomic E-state index is 12.9. The SMILES string of the molecule is Cc1ccccc1CNC(=O)[C@@]1(C)CCCN(S(=O)(=O)c2ccccc2)C1. The van der Waals surface area contributed by atoms with E-state index in [0.29, 0.717) is 25.9 Å². The molecule has 0 radical (unpaired) electrons. The highest BCUT2D eigenvalue weighted by molar-refractivity contribution is 7.89. The highest BCUT2D eigenvalue weighted by Gasteiger charge is 2.41. The molecule has 2 aromatic carbocycles. The number of hydrogen-bond donors (Lipinski definition) is 1. The van der Waals surface area contributed by atoms with Gasteiger partial charge in [0.05, 0.1) is 10.3 Å². The Balaban J connectivity index is 1.72. The first-order valence-corrected chi connectivity index (χ1v) is 10.6. The zero-order chi connectivity index (χ0) is 19.5. The lowest BCUT2D eigenvalue weighted by Gasteiger charge is -2.38. The molecule has 144 valence electrons. The molecule has 0 aliphatic carbocycles. The summed E-state index contributed by atoms with van der Waals surface area (Å²) in [5.74, 6) is -0.0984. The van der Waals surface area contributed by atoms with Gasteiger partial charge in [-0.3, -0.25) is 4.79 Å². The number of carbonyl (C=O) groups is 1. The summed E-state index contributed by atoms with van der Waals surface area (Å²) in [5.41, 5.74) is 1.46. The molecule has 27 heavy (non-hydrogen) atoms. The number of benzene rings is 2. The van der Waals surface area contributed by atoms with Gasteiger partial charge in [0.1, 0.15) is 0 Å². The van der Waals surface area contributed by atoms with Crippen molar-refractivity contribution in [1.82, 2.24) is 9.62 Å². The molecule has 0 aromatic heterocycles. The maximum Gasteiger partial charge on any atom is 0.243 e. The smallest absolute Gasteiger partial charge is 0.243 e. The minimum atomic E-state index is -3.59. The summed E-state index contributed by atoms with van der Waals surface area (Å²) in [5, 5.41) is 3.00. The number of rotatable bonds is 5. The highest BCUT2D eigenvalue weighted by atomic mass is 32.2. The summed E-state index contributed by atoms with van der Waals surface area (Å²) in [7, 11) is -3.59. The van der Waals surface area contributed by atoms with Crippen LogP contribution in [0.4, 0.5) is 0 Å². The molecule has 1 saturated heterocycles. The fraction of sp³-hybridized carbons (Fsp3) is 0.381. The van der Waals surface area contributed by atoms with Crippen LogP contribution in [0.15, 0.2) is 59.5 Å². The first kappa shape index (κ1) is 19.6. The van der Waals surface area contributed by atoms with Crippen LogP contribution in [0.2, 0.25) is 0 Å². The van der Waals surface area contributed by atoms with Gasteiger partial charge in [-0.05, 0) is 49.9 Å². The number of nitrogens with one attached hydrogen (secondary N) is 1. The molecular weight excluding hydrogens is 360 g/mol. The molecule has 3 rings (SSSR count). The van der Waals surface area contributed by atoms with Gasteiger partial charge in [0.25, 0.3) is 0 Å². The third kappa shape index (κ3) is 4.22. The number of hydrogen-bond acceptors (Lipinski definition) is 3. The fourth-order valence-corrected chi connectivity index (χ4v) is 5.15. The molecular formula is C21H26N2O3S. The van der Waals surface area contributed by atoms with Gasteiger partial charge < -0.3 is 5.32 Å². The van der Waals surface area contributed by atoms with Gasteiger partial charge in [-0.15, -0.1) is 0 Å². The van der Waals surface area contributed by atoms with Crippen molar-refractivity contribution in [2.75, 3.05) is 13.1 Å². The average Bonchev–Trinajstić information content (AvgIpc) is 2.68. The second-order valence-electron chi connectivity index (χ2n) is 7.43. The topological polar surface area (TPSA) is 66.5 Å². The van der Waals surface area contributed by atoms with Crippen molar-refractivity contribution in [2.45, 2.75) is 38.1 Å². The van der Waals surface area contributed by atoms with E-state index in [9.17, 15) is 13.2 Å². The number of nitrogens with zero attached hydrogens (tertiary/aromatic N) is 1. The van der Waals surface area contributed by atoms with Crippen molar-refractivity contribution in [1.29, 1.82) is 0 Å². The first-order valence-electron chi connectivity index (χ1n) is 9.21. The van der Waals surface area contributed by atoms with Crippen molar-refractivity contribution in [3.8, 4) is 0 Å². The van der Waals surface area contributed by atoms with Crippen LogP contribution in [0, 0.1) is 12.3 Å². The van der Waals surface area contributed by atoms with Crippen molar-refractivity contribution in [3.05, 3.63) is 65.7 Å². The molecule has 2 aromatic rings. The van der Waals surface area contributed by atoms with E-state index in [1.807, 2.05) is 38.1 Å². The van der Waals surface area contributed by atoms with E-state index in [0.717, 1.165) is 11.1 Å². The zero-order valence-corrected chi connectivity index (χ0v) is 16.6. The van der Waals surface area contributed by atoms with Crippen LogP contribution in [0.25, 0.3) is 0 Å². The van der Waals surface area contributed by atoms with E-state index in [2.05, 4.69) is 5.32 Å². The Morgan fingerprint density at radius 1 is 1.11 bits per heavy atom. The average molecular weight is 387 g/mol. The Morgan fingerprint density at radius 3 is 2.48 bits per heavy atom. The summed E-state index contributed by atoms with van der Waals surface area (Å²) in [6.45, 7) is 4.96. The summed E-state index contributed by atoms with van der Waals surface area (Å²) in [4.78, 5) is 13.2. The molecule has 1 aliphatic heterocycles. The predicted octanol–water partition coefficient (Wildman–Crippen LogP) is 3.10. The third-order valence-electron chi connectivity index (χ3n) is 5.29. The number of aryl methyl sites for hydroxylation is 1. The zero-order valence-electron chi connectivity index (χ0n) is 15.8. The molecule has 1 N–H and O–H groups in total. The van der Waals surface area contributed by atoms with Gasteiger partial charge in [0.15, 0.2) is 0 Å². The second kappa shape index (κ2) is 7.82. The monoisotopic (exact) mass is 386 g/mol. The van der Waals surface area contributed by atoms with E-state index >= 15 is 0 Å². The van der Waals surface area contributed by atoms with Crippen molar-refractivity contribution < 1.29 is 13.2 Å². The Kier molecular flexibility index (Phi) is 5.67. The van der Waals surface area contributed by atoms with Gasteiger partial charge in [0.2, 0.25) is 15.9 Å². The van der Waals surface area contributed by atoms with E-state index in [1.165, 1.54) is 4.31 Å². The van der Waals surface area contributed by atoms with Crippen molar-refractivity contribution in [2.24, 2.45) is 5.41 Å². The van der Waals surface area contributed by atoms with Crippen LogP contribution < -0.4 is 5.32 Å². The molecule has 6 heteroatoms. The number of sulfonamides is 1. The molecule has 0 bridgehead atoms. The Hall–Kier alpha value is -2.18. The van der Waals surface area contributed by atoms with Crippen molar-refractivity contribution >= 4 is 15.9 Å². The molecule has 0 saturated carbocycles. The van der Waals surface area contributed by atoms with Gasteiger partial charge in [-0.25, -0.2) is 8.42 Å². The Morgan fingerprint density at radius 2 is 1.78 bits per heavy atom. The summed E-state index contributed by atoms with van der Waals surface area (Å²) in [6, 6.07) is 16.3. The maximum atomic E-state index is 12.9. The van der Waals surface area contributed by atoms with Crippen LogP contribution in [0.1, 0.15) is 30.9 Å². The lowest BCUT2D eigenvalue weighted by atomic mass is 9.82. The van der Waals surface area contributed by atoms with E-state index < -0.39 is 15.4 Å². The minimum Gasteiger partial charge on any atom is -0.352 e. The molecule has 0 unspecified atom stereocenters. The molecule has 1 atom stereocenters. The van der Waals surface area contributed by atoms with Gasteiger partial charge in [-0.1, -0.05) is 42.5 Å². The Bertz CT molecular complexity index is 912. The Labute approximate surface area is 161 Å². The van der Waals surface area contributed by atoms with Crippen LogP contribution >= 0.6 is 0 Å².